The molecule has 3 heteroatoms. The van der Waals surface area contributed by atoms with Crippen LogP contribution in [0, 0.1) is 0 Å². The Balaban J connectivity index is 1.99. The van der Waals surface area contributed by atoms with E-state index in [0.29, 0.717) is 6.04 Å². The highest BCUT2D eigenvalue weighted by molar-refractivity contribution is 5.06. The molecular formula is C16H29N3. The van der Waals surface area contributed by atoms with E-state index in [1.54, 1.807) is 0 Å². The van der Waals surface area contributed by atoms with Gasteiger partial charge in [0.15, 0.2) is 0 Å². The third kappa shape index (κ3) is 4.07. The molecule has 0 bridgehead atoms. The molecule has 108 valence electrons. The molecule has 0 aliphatic heterocycles. The summed E-state index contributed by atoms with van der Waals surface area (Å²) in [5.74, 6) is 0. The number of rotatable bonds is 4. The van der Waals surface area contributed by atoms with Crippen molar-refractivity contribution in [3.8, 4) is 0 Å². The van der Waals surface area contributed by atoms with Gasteiger partial charge in [-0.3, -0.25) is 4.68 Å². The van der Waals surface area contributed by atoms with E-state index in [2.05, 4.69) is 30.8 Å². The third-order valence-electron chi connectivity index (χ3n) is 4.59. The minimum atomic E-state index is -0.0188. The summed E-state index contributed by atoms with van der Waals surface area (Å²) in [4.78, 5) is 0. The lowest BCUT2D eigenvalue weighted by Gasteiger charge is -2.30. The Hall–Kier alpha value is -0.830. The Morgan fingerprint density at radius 1 is 1.26 bits per heavy atom. The molecule has 19 heavy (non-hydrogen) atoms. The molecule has 1 aliphatic carbocycles. The van der Waals surface area contributed by atoms with Crippen LogP contribution in [0.3, 0.4) is 0 Å². The summed E-state index contributed by atoms with van der Waals surface area (Å²) in [6.07, 6.45) is 13.1. The Labute approximate surface area is 117 Å². The Bertz CT molecular complexity index is 375. The molecule has 1 heterocycles. The first kappa shape index (κ1) is 14.6. The Morgan fingerprint density at radius 2 is 1.89 bits per heavy atom. The van der Waals surface area contributed by atoms with Crippen LogP contribution < -0.4 is 5.73 Å². The van der Waals surface area contributed by atoms with Gasteiger partial charge in [-0.25, -0.2) is 0 Å². The van der Waals surface area contributed by atoms with Gasteiger partial charge < -0.3 is 5.73 Å². The summed E-state index contributed by atoms with van der Waals surface area (Å²) in [5.41, 5.74) is 7.78. The van der Waals surface area contributed by atoms with Crippen LogP contribution in [0.25, 0.3) is 0 Å². The smallest absolute Gasteiger partial charge is 0.0643 e. The van der Waals surface area contributed by atoms with Crippen molar-refractivity contribution in [2.24, 2.45) is 5.73 Å². The lowest BCUT2D eigenvalue weighted by atomic mass is 9.81. The first-order chi connectivity index (χ1) is 9.13. The standard InChI is InChI=1S/C16H29N3/c1-3-14(2)19-12-9-15(18-19)13-16(17)10-7-5-4-6-8-11-16/h9,12,14H,3-8,10-11,13,17H2,1-2H3. The topological polar surface area (TPSA) is 43.8 Å². The van der Waals surface area contributed by atoms with Crippen LogP contribution in [-0.2, 0) is 6.42 Å². The molecule has 1 saturated carbocycles. The van der Waals surface area contributed by atoms with Gasteiger partial charge in [-0.2, -0.15) is 5.10 Å². The monoisotopic (exact) mass is 263 g/mol. The zero-order chi connectivity index (χ0) is 13.7. The predicted octanol–water partition coefficient (Wildman–Crippen LogP) is 3.84. The van der Waals surface area contributed by atoms with Crippen LogP contribution in [0.15, 0.2) is 12.3 Å². The predicted molar refractivity (Wildman–Crippen MR) is 80.2 cm³/mol. The fourth-order valence-electron chi connectivity index (χ4n) is 3.05. The van der Waals surface area contributed by atoms with Crippen LogP contribution in [-0.4, -0.2) is 15.3 Å². The van der Waals surface area contributed by atoms with Crippen molar-refractivity contribution < 1.29 is 0 Å². The van der Waals surface area contributed by atoms with Gasteiger partial charge in [0.05, 0.1) is 5.69 Å². The first-order valence-electron chi connectivity index (χ1n) is 7.96. The molecule has 0 aromatic carbocycles. The maximum atomic E-state index is 6.63. The van der Waals surface area contributed by atoms with Crippen LogP contribution in [0.4, 0.5) is 0 Å². The summed E-state index contributed by atoms with van der Waals surface area (Å²) in [6, 6.07) is 2.64. The van der Waals surface area contributed by atoms with E-state index >= 15 is 0 Å². The molecule has 0 spiro atoms. The molecule has 1 unspecified atom stereocenters. The maximum absolute atomic E-state index is 6.63. The summed E-state index contributed by atoms with van der Waals surface area (Å²) < 4.78 is 2.08. The second-order valence-corrected chi connectivity index (χ2v) is 6.35. The molecule has 1 aromatic rings. The average molecular weight is 263 g/mol. The SMILES string of the molecule is CCC(C)n1ccc(CC2(N)CCCCCCC2)n1. The largest absolute Gasteiger partial charge is 0.325 e. The number of hydrogen-bond donors (Lipinski definition) is 1. The zero-order valence-corrected chi connectivity index (χ0v) is 12.6. The van der Waals surface area contributed by atoms with Gasteiger partial charge in [-0.15, -0.1) is 0 Å². The van der Waals surface area contributed by atoms with E-state index in [0.717, 1.165) is 25.7 Å². The van der Waals surface area contributed by atoms with Gasteiger partial charge in [-0.05, 0) is 32.3 Å². The lowest BCUT2D eigenvalue weighted by molar-refractivity contribution is 0.310. The van der Waals surface area contributed by atoms with E-state index in [1.807, 2.05) is 0 Å². The molecule has 1 aromatic heterocycles. The van der Waals surface area contributed by atoms with Gasteiger partial charge in [0.1, 0.15) is 0 Å². The van der Waals surface area contributed by atoms with Crippen LogP contribution in [0.2, 0.25) is 0 Å². The van der Waals surface area contributed by atoms with Crippen molar-refractivity contribution >= 4 is 0 Å². The van der Waals surface area contributed by atoms with Crippen molar-refractivity contribution in [2.75, 3.05) is 0 Å². The summed E-state index contributed by atoms with van der Waals surface area (Å²) >= 11 is 0. The molecule has 3 nitrogen and oxygen atoms in total. The van der Waals surface area contributed by atoms with Crippen molar-refractivity contribution in [3.63, 3.8) is 0 Å². The van der Waals surface area contributed by atoms with Crippen molar-refractivity contribution in [2.45, 2.75) is 83.2 Å². The Kier molecular flexibility index (Phi) is 5.03. The Morgan fingerprint density at radius 3 is 2.53 bits per heavy atom. The van der Waals surface area contributed by atoms with E-state index < -0.39 is 0 Å². The van der Waals surface area contributed by atoms with Gasteiger partial charge in [0.2, 0.25) is 0 Å². The van der Waals surface area contributed by atoms with Crippen molar-refractivity contribution in [1.82, 2.24) is 9.78 Å². The fraction of sp³-hybridized carbons (Fsp3) is 0.812. The normalized spacial score (nSPS) is 21.6. The molecule has 0 amide bonds. The molecule has 2 rings (SSSR count). The molecular weight excluding hydrogens is 234 g/mol. The molecule has 0 radical (unpaired) electrons. The van der Waals surface area contributed by atoms with Gasteiger partial charge >= 0.3 is 0 Å². The maximum Gasteiger partial charge on any atom is 0.0643 e. The number of nitrogens with zero attached hydrogens (tertiary/aromatic N) is 2. The zero-order valence-electron chi connectivity index (χ0n) is 12.6. The quantitative estimate of drug-likeness (QED) is 0.897. The average Bonchev–Trinajstić information content (AvgIpc) is 2.82. The minimum absolute atomic E-state index is 0.0188. The highest BCUT2D eigenvalue weighted by atomic mass is 15.3. The molecule has 1 atom stereocenters. The second-order valence-electron chi connectivity index (χ2n) is 6.35. The van der Waals surface area contributed by atoms with E-state index in [-0.39, 0.29) is 5.54 Å². The molecule has 1 aliphatic rings. The number of nitrogens with two attached hydrogens (primary N) is 1. The van der Waals surface area contributed by atoms with E-state index in [1.165, 1.54) is 37.8 Å². The van der Waals surface area contributed by atoms with Crippen LogP contribution in [0.1, 0.15) is 76.9 Å². The van der Waals surface area contributed by atoms with E-state index in [4.69, 9.17) is 10.8 Å². The van der Waals surface area contributed by atoms with Crippen LogP contribution in [0.5, 0.6) is 0 Å². The van der Waals surface area contributed by atoms with Crippen molar-refractivity contribution in [1.29, 1.82) is 0 Å². The summed E-state index contributed by atoms with van der Waals surface area (Å²) in [5, 5.41) is 4.71. The number of aromatic nitrogens is 2. The lowest BCUT2D eigenvalue weighted by Crippen LogP contribution is -2.42. The first-order valence-corrected chi connectivity index (χ1v) is 7.96. The molecule has 0 saturated heterocycles. The van der Waals surface area contributed by atoms with Gasteiger partial charge in [0, 0.05) is 24.2 Å². The van der Waals surface area contributed by atoms with Crippen molar-refractivity contribution in [3.05, 3.63) is 18.0 Å². The molecule has 2 N–H and O–H groups in total. The van der Waals surface area contributed by atoms with Gasteiger partial charge in [0.25, 0.3) is 0 Å². The summed E-state index contributed by atoms with van der Waals surface area (Å²) in [7, 11) is 0. The van der Waals surface area contributed by atoms with Gasteiger partial charge in [-0.1, -0.05) is 39.0 Å². The fourth-order valence-corrected chi connectivity index (χ4v) is 3.05. The minimum Gasteiger partial charge on any atom is -0.325 e. The summed E-state index contributed by atoms with van der Waals surface area (Å²) in [6.45, 7) is 4.41. The highest BCUT2D eigenvalue weighted by Crippen LogP contribution is 2.27. The van der Waals surface area contributed by atoms with E-state index in [9.17, 15) is 0 Å². The third-order valence-corrected chi connectivity index (χ3v) is 4.59. The van der Waals surface area contributed by atoms with Crippen LogP contribution >= 0.6 is 0 Å². The number of hydrogen-bond acceptors (Lipinski definition) is 2. The molecule has 1 fully saturated rings. The second kappa shape index (κ2) is 6.56. The highest BCUT2D eigenvalue weighted by Gasteiger charge is 2.26.